The van der Waals surface area contributed by atoms with Crippen LogP contribution >= 0.6 is 0 Å². The third-order valence-electron chi connectivity index (χ3n) is 6.48. The number of likely N-dealkylation sites (N-methyl/N-ethyl adjacent to an activating group) is 2. The van der Waals surface area contributed by atoms with E-state index in [1.807, 2.05) is 30.9 Å². The van der Waals surface area contributed by atoms with Crippen LogP contribution in [-0.4, -0.2) is 78.7 Å². The zero-order chi connectivity index (χ0) is 31.5. The van der Waals surface area contributed by atoms with Gasteiger partial charge >= 0.3 is 11.9 Å². The number of rotatable bonds is 21. The van der Waals surface area contributed by atoms with Gasteiger partial charge in [-0.05, 0) is 56.5 Å². The molecule has 0 N–H and O–H groups in total. The maximum Gasteiger partial charge on any atom is 0.325 e. The molecule has 0 spiro atoms. The van der Waals surface area contributed by atoms with E-state index in [4.69, 9.17) is 29.2 Å². The molecule has 0 aliphatic rings. The minimum atomic E-state index is -0.474. The quantitative estimate of drug-likeness (QED) is 0.0593. The molecule has 0 aromatic heterocycles. The Morgan fingerprint density at radius 2 is 1.35 bits per heavy atom. The highest BCUT2D eigenvalue weighted by Crippen LogP contribution is 2.33. The number of ether oxygens (including phenoxy) is 5. The molecule has 2 aromatic rings. The first-order valence-corrected chi connectivity index (χ1v) is 14.3. The third kappa shape index (κ3) is 12.2. The van der Waals surface area contributed by atoms with Gasteiger partial charge in [0.05, 0.1) is 32.2 Å². The summed E-state index contributed by atoms with van der Waals surface area (Å²) in [5, 5.41) is 3.54. The zero-order valence-electron chi connectivity index (χ0n) is 25.4. The molecule has 0 atom stereocenters. The summed E-state index contributed by atoms with van der Waals surface area (Å²) in [7, 11) is 2.65. The SMILES string of the molecule is CCN(CC(=O)OC)c1ccc(F)cc1OCCOc1cc(OCCCCCCN=[N+]=[N-])ccc1N(CC)CC(=O)OC. The summed E-state index contributed by atoms with van der Waals surface area (Å²) in [5.41, 5.74) is 9.59. The highest BCUT2D eigenvalue weighted by atomic mass is 19.1. The van der Waals surface area contributed by atoms with Crippen molar-refractivity contribution >= 4 is 23.3 Å². The van der Waals surface area contributed by atoms with Crippen LogP contribution in [0.2, 0.25) is 0 Å². The van der Waals surface area contributed by atoms with Gasteiger partial charge in [-0.3, -0.25) is 9.59 Å². The lowest BCUT2D eigenvalue weighted by atomic mass is 10.2. The first kappa shape index (κ1) is 34.8. The Bertz CT molecular complexity index is 1210. The molecule has 12 nitrogen and oxygen atoms in total. The van der Waals surface area contributed by atoms with E-state index in [0.717, 1.165) is 25.7 Å². The Labute approximate surface area is 252 Å². The second kappa shape index (κ2) is 19.7. The molecule has 0 aliphatic carbocycles. The predicted octanol–water partition coefficient (Wildman–Crippen LogP) is 5.53. The van der Waals surface area contributed by atoms with E-state index in [1.54, 1.807) is 17.0 Å². The van der Waals surface area contributed by atoms with Gasteiger partial charge in [-0.25, -0.2) is 4.39 Å². The van der Waals surface area contributed by atoms with E-state index in [9.17, 15) is 14.0 Å². The number of nitrogens with zero attached hydrogens (tertiary/aromatic N) is 5. The Hall–Kier alpha value is -4.38. The van der Waals surface area contributed by atoms with Crippen molar-refractivity contribution in [2.75, 3.05) is 76.6 Å². The molecule has 2 aromatic carbocycles. The van der Waals surface area contributed by atoms with Gasteiger partial charge in [0.25, 0.3) is 0 Å². The van der Waals surface area contributed by atoms with E-state index in [1.165, 1.54) is 26.4 Å². The molecule has 2 rings (SSSR count). The summed E-state index contributed by atoms with van der Waals surface area (Å²) < 4.78 is 41.7. The largest absolute Gasteiger partial charge is 0.493 e. The van der Waals surface area contributed by atoms with Gasteiger partial charge in [0.1, 0.15) is 49.4 Å². The van der Waals surface area contributed by atoms with Crippen LogP contribution in [0.25, 0.3) is 10.4 Å². The van der Waals surface area contributed by atoms with Crippen LogP contribution in [0, 0.1) is 5.82 Å². The topological polar surface area (TPSA) is 136 Å². The van der Waals surface area contributed by atoms with Crippen LogP contribution in [0.3, 0.4) is 0 Å². The van der Waals surface area contributed by atoms with Gasteiger partial charge in [0.2, 0.25) is 0 Å². The van der Waals surface area contributed by atoms with Crippen molar-refractivity contribution in [3.63, 3.8) is 0 Å². The molecule has 0 aliphatic heterocycles. The zero-order valence-corrected chi connectivity index (χ0v) is 25.4. The molecule has 0 saturated carbocycles. The van der Waals surface area contributed by atoms with Crippen molar-refractivity contribution in [1.29, 1.82) is 0 Å². The molecular weight excluding hydrogens is 561 g/mol. The van der Waals surface area contributed by atoms with Crippen molar-refractivity contribution in [2.24, 2.45) is 5.11 Å². The number of carbonyl (C=O) groups is 2. The lowest BCUT2D eigenvalue weighted by molar-refractivity contribution is -0.139. The number of esters is 2. The predicted molar refractivity (Wildman–Crippen MR) is 162 cm³/mol. The molecule has 0 radical (unpaired) electrons. The average molecular weight is 604 g/mol. The van der Waals surface area contributed by atoms with E-state index < -0.39 is 11.8 Å². The Morgan fingerprint density at radius 3 is 1.91 bits per heavy atom. The summed E-state index contributed by atoms with van der Waals surface area (Å²) >= 11 is 0. The maximum atomic E-state index is 14.1. The summed E-state index contributed by atoms with van der Waals surface area (Å²) in [5.74, 6) is 0.0824. The minimum absolute atomic E-state index is 0.00949. The normalized spacial score (nSPS) is 10.3. The molecule has 13 heteroatoms. The highest BCUT2D eigenvalue weighted by molar-refractivity contribution is 5.77. The molecular formula is C30H42FN5O7. The number of anilines is 2. The van der Waals surface area contributed by atoms with E-state index in [-0.39, 0.29) is 38.0 Å². The molecule has 43 heavy (non-hydrogen) atoms. The smallest absolute Gasteiger partial charge is 0.325 e. The van der Waals surface area contributed by atoms with Crippen LogP contribution in [0.15, 0.2) is 41.5 Å². The van der Waals surface area contributed by atoms with Crippen molar-refractivity contribution in [1.82, 2.24) is 0 Å². The third-order valence-corrected chi connectivity index (χ3v) is 6.48. The number of benzene rings is 2. The van der Waals surface area contributed by atoms with Crippen molar-refractivity contribution < 1.29 is 37.7 Å². The monoisotopic (exact) mass is 603 g/mol. The van der Waals surface area contributed by atoms with Crippen molar-refractivity contribution in [2.45, 2.75) is 39.5 Å². The first-order chi connectivity index (χ1) is 20.9. The average Bonchev–Trinajstić information content (AvgIpc) is 3.02. The van der Waals surface area contributed by atoms with Gasteiger partial charge < -0.3 is 33.5 Å². The summed E-state index contributed by atoms with van der Waals surface area (Å²) in [6.07, 6.45) is 3.57. The fraction of sp³-hybridized carbons (Fsp3) is 0.533. The molecule has 0 heterocycles. The fourth-order valence-electron chi connectivity index (χ4n) is 4.18. The van der Waals surface area contributed by atoms with Crippen molar-refractivity contribution in [3.05, 3.63) is 52.7 Å². The van der Waals surface area contributed by atoms with Crippen LogP contribution in [-0.2, 0) is 19.1 Å². The van der Waals surface area contributed by atoms with Gasteiger partial charge in [-0.2, -0.15) is 0 Å². The van der Waals surface area contributed by atoms with E-state index >= 15 is 0 Å². The Morgan fingerprint density at radius 1 is 0.791 bits per heavy atom. The number of azide groups is 1. The second-order valence-corrected chi connectivity index (χ2v) is 9.34. The lowest BCUT2D eigenvalue weighted by Gasteiger charge is -2.25. The number of methoxy groups -OCH3 is 2. The van der Waals surface area contributed by atoms with Crippen molar-refractivity contribution in [3.8, 4) is 17.2 Å². The summed E-state index contributed by atoms with van der Waals surface area (Å²) in [6.45, 7) is 6.01. The Kier molecular flexibility index (Phi) is 15.9. The Balaban J connectivity index is 2.11. The fourth-order valence-corrected chi connectivity index (χ4v) is 4.18. The number of hydrogen-bond donors (Lipinski definition) is 0. The van der Waals surface area contributed by atoms with E-state index in [0.29, 0.717) is 49.1 Å². The van der Waals surface area contributed by atoms with Crippen LogP contribution in [0.5, 0.6) is 17.2 Å². The summed E-state index contributed by atoms with van der Waals surface area (Å²) in [6, 6.07) is 9.54. The number of carbonyl (C=O) groups excluding carboxylic acids is 2. The van der Waals surface area contributed by atoms with Crippen LogP contribution < -0.4 is 24.0 Å². The number of unbranched alkanes of at least 4 members (excludes halogenated alkanes) is 3. The molecule has 0 bridgehead atoms. The first-order valence-electron chi connectivity index (χ1n) is 14.3. The standard InChI is InChI=1S/C30H42FN5O7/c1-5-35(21-29(37)39-3)25-13-11-23(31)19-27(25)42-17-18-43-28-20-24(41-16-10-8-7-9-15-33-34-32)12-14-26(28)36(6-2)22-30(38)40-4/h11-14,19-20H,5-10,15-18,21-22H2,1-4H3. The molecule has 0 fully saturated rings. The lowest BCUT2D eigenvalue weighted by Crippen LogP contribution is -2.31. The van der Waals surface area contributed by atoms with E-state index in [2.05, 4.69) is 10.0 Å². The minimum Gasteiger partial charge on any atom is -0.493 e. The maximum absolute atomic E-state index is 14.1. The summed E-state index contributed by atoms with van der Waals surface area (Å²) in [4.78, 5) is 30.2. The van der Waals surface area contributed by atoms with Gasteiger partial charge in [-0.1, -0.05) is 18.0 Å². The van der Waals surface area contributed by atoms with Gasteiger partial charge in [0, 0.05) is 36.7 Å². The molecule has 0 saturated heterocycles. The van der Waals surface area contributed by atoms with Gasteiger partial charge in [0.15, 0.2) is 0 Å². The molecule has 236 valence electrons. The van der Waals surface area contributed by atoms with Crippen LogP contribution in [0.4, 0.5) is 15.8 Å². The van der Waals surface area contributed by atoms with Crippen LogP contribution in [0.1, 0.15) is 39.5 Å². The molecule has 0 unspecified atom stereocenters. The van der Waals surface area contributed by atoms with Gasteiger partial charge in [-0.15, -0.1) is 0 Å². The highest BCUT2D eigenvalue weighted by Gasteiger charge is 2.18. The number of hydrogen-bond acceptors (Lipinski definition) is 10. The molecule has 0 amide bonds. The number of halogens is 1. The second-order valence-electron chi connectivity index (χ2n) is 9.34.